The molecule has 0 amide bonds. The van der Waals surface area contributed by atoms with Crippen molar-refractivity contribution in [1.29, 1.82) is 0 Å². The number of benzene rings is 1. The highest BCUT2D eigenvalue weighted by molar-refractivity contribution is 5.55. The zero-order valence-electron chi connectivity index (χ0n) is 17.0. The van der Waals surface area contributed by atoms with Crippen LogP contribution in [0.3, 0.4) is 0 Å². The van der Waals surface area contributed by atoms with E-state index in [0.29, 0.717) is 5.95 Å². The van der Waals surface area contributed by atoms with Crippen LogP contribution in [0.4, 0.5) is 16.2 Å². The van der Waals surface area contributed by atoms with Gasteiger partial charge in [-0.25, -0.2) is 14.4 Å². The normalized spacial score (nSPS) is 15.3. The lowest BCUT2D eigenvalue weighted by molar-refractivity contribution is 0.620. The van der Waals surface area contributed by atoms with Crippen molar-refractivity contribution in [1.82, 2.24) is 19.5 Å². The predicted octanol–water partition coefficient (Wildman–Crippen LogP) is 4.13. The Morgan fingerprint density at radius 3 is 2.72 bits per heavy atom. The zero-order valence-corrected chi connectivity index (χ0v) is 17.0. The van der Waals surface area contributed by atoms with Crippen LogP contribution >= 0.6 is 0 Å². The third kappa shape index (κ3) is 4.39. The van der Waals surface area contributed by atoms with E-state index in [0.717, 1.165) is 61.5 Å². The molecular weight excluding hydrogens is 367 g/mol. The van der Waals surface area contributed by atoms with Crippen LogP contribution in [0.5, 0.6) is 0 Å². The third-order valence-electron chi connectivity index (χ3n) is 5.45. The van der Waals surface area contributed by atoms with Gasteiger partial charge in [-0.2, -0.15) is 4.98 Å². The van der Waals surface area contributed by atoms with Gasteiger partial charge in [0.15, 0.2) is 0 Å². The second-order valence-electron chi connectivity index (χ2n) is 7.54. The van der Waals surface area contributed by atoms with E-state index in [4.69, 9.17) is 4.98 Å². The van der Waals surface area contributed by atoms with Gasteiger partial charge in [0.1, 0.15) is 11.6 Å². The summed E-state index contributed by atoms with van der Waals surface area (Å²) in [6, 6.07) is 6.77. The average Bonchev–Trinajstić information content (AvgIpc) is 3.34. The van der Waals surface area contributed by atoms with Crippen molar-refractivity contribution in [2.24, 2.45) is 0 Å². The topological polar surface area (TPSA) is 67.7 Å². The first-order valence-electron chi connectivity index (χ1n) is 10.2. The first-order valence-corrected chi connectivity index (χ1v) is 10.2. The Balaban J connectivity index is 1.41. The van der Waals surface area contributed by atoms with Crippen molar-refractivity contribution >= 4 is 11.8 Å². The van der Waals surface area contributed by atoms with E-state index < -0.39 is 0 Å². The predicted molar refractivity (Wildman–Crippen MR) is 113 cm³/mol. The van der Waals surface area contributed by atoms with Crippen molar-refractivity contribution in [3.8, 4) is 0 Å². The molecule has 0 unspecified atom stereocenters. The first kappa shape index (κ1) is 19.4. The van der Waals surface area contributed by atoms with E-state index in [1.54, 1.807) is 0 Å². The number of nitrogens with zero attached hydrogens (tertiary/aromatic N) is 4. The molecule has 2 heterocycles. The maximum absolute atomic E-state index is 13.3. The summed E-state index contributed by atoms with van der Waals surface area (Å²) >= 11 is 0. The Hall–Kier alpha value is -2.96. The monoisotopic (exact) mass is 394 g/mol. The summed E-state index contributed by atoms with van der Waals surface area (Å²) in [5, 5.41) is 6.59. The number of fused-ring (bicyclic) bond motifs is 1. The number of imidazole rings is 1. The van der Waals surface area contributed by atoms with E-state index >= 15 is 0 Å². The Labute approximate surface area is 170 Å². The lowest BCUT2D eigenvalue weighted by Crippen LogP contribution is -2.11. The molecule has 0 saturated heterocycles. The van der Waals surface area contributed by atoms with Gasteiger partial charge in [0, 0.05) is 37.8 Å². The highest BCUT2D eigenvalue weighted by Crippen LogP contribution is 2.40. The van der Waals surface area contributed by atoms with Gasteiger partial charge in [-0.15, -0.1) is 0 Å². The summed E-state index contributed by atoms with van der Waals surface area (Å²) in [5.74, 6) is 1.51. The van der Waals surface area contributed by atoms with Crippen LogP contribution in [0.1, 0.15) is 47.7 Å². The zero-order chi connectivity index (χ0) is 20.2. The Bertz CT molecular complexity index is 966. The molecule has 0 bridgehead atoms. The minimum atomic E-state index is -0.209. The molecule has 29 heavy (non-hydrogen) atoms. The molecular formula is C22H27FN6. The fourth-order valence-electron chi connectivity index (χ4n) is 3.98. The molecule has 1 aliphatic rings. The molecule has 7 heteroatoms. The molecule has 4 rings (SSSR count). The van der Waals surface area contributed by atoms with Gasteiger partial charge in [0.2, 0.25) is 5.95 Å². The van der Waals surface area contributed by atoms with Crippen molar-refractivity contribution < 1.29 is 4.39 Å². The summed E-state index contributed by atoms with van der Waals surface area (Å²) < 4.78 is 15.4. The molecule has 1 atom stereocenters. The van der Waals surface area contributed by atoms with Crippen LogP contribution in [0.25, 0.3) is 0 Å². The lowest BCUT2D eigenvalue weighted by atomic mass is 9.97. The van der Waals surface area contributed by atoms with Gasteiger partial charge in [-0.3, -0.25) is 0 Å². The number of nitrogens with one attached hydrogen (secondary N) is 2. The molecule has 6 nitrogen and oxygen atoms in total. The van der Waals surface area contributed by atoms with Gasteiger partial charge in [-0.05, 0) is 50.3 Å². The molecule has 2 aromatic heterocycles. The molecule has 1 aliphatic carbocycles. The fourth-order valence-corrected chi connectivity index (χ4v) is 3.98. The molecule has 3 aromatic rings. The second-order valence-corrected chi connectivity index (χ2v) is 7.54. The molecule has 0 aliphatic heterocycles. The van der Waals surface area contributed by atoms with Crippen molar-refractivity contribution in [2.45, 2.75) is 45.1 Å². The smallest absolute Gasteiger partial charge is 0.224 e. The number of hydrogen-bond donors (Lipinski definition) is 2. The van der Waals surface area contributed by atoms with Crippen LogP contribution in [0, 0.1) is 12.7 Å². The van der Waals surface area contributed by atoms with Gasteiger partial charge < -0.3 is 15.2 Å². The minimum Gasteiger partial charge on any atom is -0.373 e. The third-order valence-corrected chi connectivity index (χ3v) is 5.45. The van der Waals surface area contributed by atoms with Crippen LogP contribution in [0.2, 0.25) is 0 Å². The number of aryl methyl sites for hydroxylation is 2. The molecule has 2 N–H and O–H groups in total. The number of aromatic nitrogens is 4. The van der Waals surface area contributed by atoms with Crippen LogP contribution in [-0.2, 0) is 13.0 Å². The molecule has 152 valence electrons. The highest BCUT2D eigenvalue weighted by Gasteiger charge is 2.29. The standard InChI is InChI=1S/C22H27FN6/c1-15-13-29(14-26-15)12-4-3-11-25-22-27-20-18(16-5-7-17(23)8-6-16)9-10-19(20)21(24-2)28-22/h5-8,13-14,18H,3-4,9-12H2,1-2H3,(H2,24,25,27,28)/t18-/m1/s1. The van der Waals surface area contributed by atoms with Crippen LogP contribution in [-0.4, -0.2) is 33.1 Å². The lowest BCUT2D eigenvalue weighted by Gasteiger charge is -2.15. The van der Waals surface area contributed by atoms with Gasteiger partial charge in [0.05, 0.1) is 17.7 Å². The van der Waals surface area contributed by atoms with Crippen molar-refractivity contribution in [2.75, 3.05) is 24.2 Å². The van der Waals surface area contributed by atoms with Crippen LogP contribution < -0.4 is 10.6 Å². The van der Waals surface area contributed by atoms with Crippen LogP contribution in [0.15, 0.2) is 36.8 Å². The molecule has 0 saturated carbocycles. The average molecular weight is 394 g/mol. The quantitative estimate of drug-likeness (QED) is 0.562. The van der Waals surface area contributed by atoms with Gasteiger partial charge in [0.25, 0.3) is 0 Å². The number of rotatable bonds is 8. The van der Waals surface area contributed by atoms with E-state index in [1.165, 1.54) is 17.7 Å². The van der Waals surface area contributed by atoms with E-state index in [1.807, 2.05) is 32.4 Å². The minimum absolute atomic E-state index is 0.186. The van der Waals surface area contributed by atoms with Gasteiger partial charge >= 0.3 is 0 Å². The SMILES string of the molecule is CNc1nc(NCCCCn2cnc(C)c2)nc2c1CC[C@@H]2c1ccc(F)cc1. The summed E-state index contributed by atoms with van der Waals surface area (Å²) in [6.07, 6.45) is 7.92. The fraction of sp³-hybridized carbons (Fsp3) is 0.409. The number of anilines is 2. The maximum Gasteiger partial charge on any atom is 0.224 e. The molecule has 0 fully saturated rings. The van der Waals surface area contributed by atoms with Crippen molar-refractivity contribution in [3.63, 3.8) is 0 Å². The molecule has 0 spiro atoms. The number of hydrogen-bond acceptors (Lipinski definition) is 5. The maximum atomic E-state index is 13.3. The first-order chi connectivity index (χ1) is 14.1. The summed E-state index contributed by atoms with van der Waals surface area (Å²) in [7, 11) is 1.89. The molecule has 1 aromatic carbocycles. The molecule has 0 radical (unpaired) electrons. The second kappa shape index (κ2) is 8.59. The summed E-state index contributed by atoms with van der Waals surface area (Å²) in [5.41, 5.74) is 4.37. The van der Waals surface area contributed by atoms with Gasteiger partial charge in [-0.1, -0.05) is 12.1 Å². The summed E-state index contributed by atoms with van der Waals surface area (Å²) in [6.45, 7) is 3.78. The largest absolute Gasteiger partial charge is 0.373 e. The number of halogens is 1. The number of unbranched alkanes of at least 4 members (excludes halogenated alkanes) is 1. The Morgan fingerprint density at radius 1 is 1.17 bits per heavy atom. The Kier molecular flexibility index (Phi) is 5.74. The van der Waals surface area contributed by atoms with Crippen molar-refractivity contribution in [3.05, 3.63) is 65.1 Å². The van der Waals surface area contributed by atoms with E-state index in [9.17, 15) is 4.39 Å². The van der Waals surface area contributed by atoms with E-state index in [-0.39, 0.29) is 11.7 Å². The Morgan fingerprint density at radius 2 is 2.00 bits per heavy atom. The van der Waals surface area contributed by atoms with E-state index in [2.05, 4.69) is 31.4 Å². The summed E-state index contributed by atoms with van der Waals surface area (Å²) in [4.78, 5) is 13.7. The highest BCUT2D eigenvalue weighted by atomic mass is 19.1.